The van der Waals surface area contributed by atoms with E-state index in [0.29, 0.717) is 0 Å². The van der Waals surface area contributed by atoms with Gasteiger partial charge in [-0.05, 0) is 0 Å². The summed E-state index contributed by atoms with van der Waals surface area (Å²) in [5.41, 5.74) is 21.7. The van der Waals surface area contributed by atoms with Crippen LogP contribution in [0.15, 0.2) is 71.8 Å². The second-order valence-corrected chi connectivity index (χ2v) is 70.4. The van der Waals surface area contributed by atoms with Crippen LogP contribution in [0, 0.1) is 11.8 Å². The molecule has 0 aliphatic heterocycles. The van der Waals surface area contributed by atoms with Crippen LogP contribution in [0.1, 0.15) is 215 Å². The van der Waals surface area contributed by atoms with Crippen LogP contribution in [0.25, 0.3) is 34.4 Å². The quantitative estimate of drug-likeness (QED) is 0.162. The molecule has 4 aromatic carbocycles. The zero-order chi connectivity index (χ0) is 50.1. The van der Waals surface area contributed by atoms with E-state index in [1.807, 2.05) is 0 Å². The van der Waals surface area contributed by atoms with Gasteiger partial charge in [0.1, 0.15) is 0 Å². The van der Waals surface area contributed by atoms with Crippen LogP contribution in [0.2, 0.25) is 13.1 Å². The second kappa shape index (κ2) is 17.1. The van der Waals surface area contributed by atoms with Crippen LogP contribution in [-0.2, 0) is 48.0 Å². The molecule has 2 aliphatic carbocycles. The fourth-order valence-corrected chi connectivity index (χ4v) is 42.6. The molecule has 2 atom stereocenters. The number of benzene rings is 4. The normalized spacial score (nSPS) is 18.2. The summed E-state index contributed by atoms with van der Waals surface area (Å²) in [4.78, 5) is 0. The molecule has 0 N–H and O–H groups in total. The number of allylic oxidation sites excluding steroid dienone is 2. The van der Waals surface area contributed by atoms with Crippen molar-refractivity contribution in [3.63, 3.8) is 0 Å². The Morgan fingerprint density at radius 1 is 0.424 bits per heavy atom. The third-order valence-electron chi connectivity index (χ3n) is 15.5. The van der Waals surface area contributed by atoms with E-state index in [4.69, 9.17) is 0 Å². The van der Waals surface area contributed by atoms with Crippen molar-refractivity contribution in [2.45, 2.75) is 205 Å². The first kappa shape index (κ1) is 53.4. The van der Waals surface area contributed by atoms with E-state index in [1.165, 1.54) is 89.0 Å². The van der Waals surface area contributed by atoms with E-state index in [-0.39, 0.29) is 51.6 Å². The number of rotatable bonds is 7. The average molecular weight is 1020 g/mol. The van der Waals surface area contributed by atoms with E-state index >= 15 is 0 Å². The van der Waals surface area contributed by atoms with Gasteiger partial charge in [-0.1, -0.05) is 0 Å². The van der Waals surface area contributed by atoms with Crippen LogP contribution < -0.4 is 0 Å². The first-order chi connectivity index (χ1) is 29.7. The van der Waals surface area contributed by atoms with Gasteiger partial charge in [0.15, 0.2) is 0 Å². The Labute approximate surface area is 414 Å². The summed E-state index contributed by atoms with van der Waals surface area (Å²) in [5, 5.41) is 0. The summed E-state index contributed by atoms with van der Waals surface area (Å²) >= 11 is -5.22. The SMILES string of the molecule is CC(C)C1=Cc2c(ccc(C(C)(C)C)c2-c2cc(C(C)(C)C)cc(C(C)(C)C)c2)[CH]1[Zr]([Cl])([Cl])([CH]1C(C(C)C)=Cc2c1ccc(C(C)(C)C)c2-c1cc(C(C)(C)C)cc(C(C)(C)C)c1)[SiH](C)C. The Hall–Kier alpha value is -1.96. The molecular weight excluding hydrogens is 935 g/mol. The molecule has 0 heterocycles. The molecule has 4 heteroatoms. The molecule has 0 radical (unpaired) electrons. The van der Waals surface area contributed by atoms with Gasteiger partial charge >= 0.3 is 417 Å². The van der Waals surface area contributed by atoms with E-state index in [2.05, 4.69) is 238 Å². The van der Waals surface area contributed by atoms with Crippen molar-refractivity contribution in [2.24, 2.45) is 11.8 Å². The van der Waals surface area contributed by atoms with Gasteiger partial charge in [0.05, 0.1) is 0 Å². The maximum atomic E-state index is 9.23. The predicted octanol–water partition coefficient (Wildman–Crippen LogP) is 19.7. The molecule has 2 aliphatic rings. The van der Waals surface area contributed by atoms with Crippen molar-refractivity contribution in [1.82, 2.24) is 0 Å². The summed E-state index contributed by atoms with van der Waals surface area (Å²) in [7, 11) is 18.5. The molecule has 0 aromatic heterocycles. The molecule has 0 spiro atoms. The number of fused-ring (bicyclic) bond motifs is 2. The van der Waals surface area contributed by atoms with E-state index in [1.54, 1.807) is 0 Å². The topological polar surface area (TPSA) is 0 Å². The Balaban J connectivity index is 1.76. The molecule has 0 saturated heterocycles. The Kier molecular flexibility index (Phi) is 13.9. The fourth-order valence-electron chi connectivity index (χ4n) is 11.2. The molecule has 66 heavy (non-hydrogen) atoms. The Bertz CT molecular complexity index is 2370. The number of hydrogen-bond acceptors (Lipinski definition) is 0. The van der Waals surface area contributed by atoms with Gasteiger partial charge in [-0.3, -0.25) is 0 Å². The third kappa shape index (κ3) is 9.49. The van der Waals surface area contributed by atoms with Crippen molar-refractivity contribution in [3.05, 3.63) is 127 Å². The Morgan fingerprint density at radius 2 is 0.697 bits per heavy atom. The van der Waals surface area contributed by atoms with Gasteiger partial charge in [-0.25, -0.2) is 0 Å². The van der Waals surface area contributed by atoms with Crippen LogP contribution >= 0.6 is 17.0 Å². The molecule has 2 unspecified atom stereocenters. The minimum atomic E-state index is -5.22. The van der Waals surface area contributed by atoms with Crippen molar-refractivity contribution >= 4 is 35.1 Å². The van der Waals surface area contributed by atoms with Gasteiger partial charge in [-0.15, -0.1) is 0 Å². The number of hydrogen-bond donors (Lipinski definition) is 0. The molecule has 0 amide bonds. The molecule has 0 saturated carbocycles. The van der Waals surface area contributed by atoms with E-state index in [9.17, 15) is 17.0 Å². The zero-order valence-electron chi connectivity index (χ0n) is 46.1. The first-order valence-corrected chi connectivity index (χ1v) is 41.7. The zero-order valence-corrected chi connectivity index (χ0v) is 51.2. The molecule has 6 rings (SSSR count). The van der Waals surface area contributed by atoms with Crippen molar-refractivity contribution < 1.29 is 15.6 Å². The summed E-state index contributed by atoms with van der Waals surface area (Å²) < 4.78 is -0.00436. The van der Waals surface area contributed by atoms with Crippen LogP contribution in [0.5, 0.6) is 0 Å². The Morgan fingerprint density at radius 3 is 0.909 bits per heavy atom. The first-order valence-electron chi connectivity index (χ1n) is 25.4. The van der Waals surface area contributed by atoms with Gasteiger partial charge in [0, 0.05) is 0 Å². The maximum absolute atomic E-state index is 9.23. The van der Waals surface area contributed by atoms with Crippen LogP contribution in [0.4, 0.5) is 0 Å². The monoisotopic (exact) mass is 1020 g/mol. The predicted molar refractivity (Wildman–Crippen MR) is 298 cm³/mol. The molecule has 0 nitrogen and oxygen atoms in total. The standard InChI is InChI=1S/2C30H41.C2H7Si.2ClH.Zr/c2*1-19(2)21-14-20-12-13-26(30(9,10)11)27(25(20)17-21)22-15-23(28(3,4)5)18-24(16-22)29(6,7)8;1-3-2;;;/h2*12-19H,1-11H3;3H,1-2H3;2*1H;/q;;;;;+2/p-2. The van der Waals surface area contributed by atoms with Crippen LogP contribution in [0.3, 0.4) is 0 Å². The van der Waals surface area contributed by atoms with Gasteiger partial charge in [-0.2, -0.15) is 0 Å². The number of halogens is 2. The van der Waals surface area contributed by atoms with Gasteiger partial charge < -0.3 is 0 Å². The molecule has 4 aromatic rings. The van der Waals surface area contributed by atoms with Gasteiger partial charge in [0.25, 0.3) is 0 Å². The molecular formula is C62H89Cl2SiZr. The summed E-state index contributed by atoms with van der Waals surface area (Å²) in [5.74, 6) is -1.28. The molecule has 0 fully saturated rings. The average Bonchev–Trinajstić information content (AvgIpc) is 3.76. The van der Waals surface area contributed by atoms with E-state index < -0.39 is 21.5 Å². The minimum absolute atomic E-state index is 0.00218. The summed E-state index contributed by atoms with van der Waals surface area (Å²) in [6.07, 6.45) is 5.19. The summed E-state index contributed by atoms with van der Waals surface area (Å²) in [6.45, 7) is 57.1. The van der Waals surface area contributed by atoms with Gasteiger partial charge in [0.2, 0.25) is 0 Å². The van der Waals surface area contributed by atoms with E-state index in [0.717, 1.165) is 0 Å². The fraction of sp³-hybridized carbons (Fsp3) is 0.548. The van der Waals surface area contributed by atoms with Crippen molar-refractivity contribution in [2.75, 3.05) is 0 Å². The van der Waals surface area contributed by atoms with Crippen molar-refractivity contribution in [1.29, 1.82) is 0 Å². The second-order valence-electron chi connectivity index (χ2n) is 27.9. The summed E-state index contributed by atoms with van der Waals surface area (Å²) in [6, 6.07) is 24.8. The van der Waals surface area contributed by atoms with Crippen molar-refractivity contribution in [3.8, 4) is 22.3 Å². The third-order valence-corrected chi connectivity index (χ3v) is 67.2. The van der Waals surface area contributed by atoms with Crippen LogP contribution in [-0.4, -0.2) is 5.92 Å². The molecule has 0 bridgehead atoms. The molecule has 359 valence electrons.